The van der Waals surface area contributed by atoms with Gasteiger partial charge in [0.05, 0.1) is 10.9 Å². The fraction of sp³-hybridized carbons (Fsp3) is 0.111. The molecule has 0 aliphatic carbocycles. The molecule has 0 aliphatic rings. The predicted molar refractivity (Wildman–Crippen MR) is 65.2 cm³/mol. The number of rotatable bonds is 3. The summed E-state index contributed by atoms with van der Waals surface area (Å²) in [5.74, 6) is 0.717. The first kappa shape index (κ1) is 10.4. The number of halogens is 1. The maximum atomic E-state index is 5.85. The summed E-state index contributed by atoms with van der Waals surface area (Å²) in [7, 11) is 0. The summed E-state index contributed by atoms with van der Waals surface area (Å²) in [5, 5.41) is 18.4. The third-order valence-electron chi connectivity index (χ3n) is 2.14. The Hall–Kier alpha value is -1.73. The van der Waals surface area contributed by atoms with Crippen molar-refractivity contribution in [1.82, 2.24) is 25.3 Å². The molecule has 3 heterocycles. The van der Waals surface area contributed by atoms with Crippen LogP contribution in [0.4, 0.5) is 5.82 Å². The molecule has 3 rings (SSSR count). The van der Waals surface area contributed by atoms with Crippen LogP contribution in [0.3, 0.4) is 0 Å². The molecule has 0 unspecified atom stereocenters. The summed E-state index contributed by atoms with van der Waals surface area (Å²) < 4.78 is 2.16. The van der Waals surface area contributed by atoms with Crippen molar-refractivity contribution in [2.24, 2.45) is 0 Å². The van der Waals surface area contributed by atoms with E-state index in [0.717, 1.165) is 9.21 Å². The first-order valence-corrected chi connectivity index (χ1v) is 6.04. The van der Waals surface area contributed by atoms with Crippen molar-refractivity contribution in [2.45, 2.75) is 6.54 Å². The van der Waals surface area contributed by atoms with Gasteiger partial charge in [-0.1, -0.05) is 11.6 Å². The molecule has 1 N–H and O–H groups in total. The lowest BCUT2D eigenvalue weighted by atomic mass is 10.4. The van der Waals surface area contributed by atoms with Crippen molar-refractivity contribution in [3.63, 3.8) is 0 Å². The van der Waals surface area contributed by atoms with E-state index < -0.39 is 0 Å². The number of nitrogens with one attached hydrogen (secondary N) is 1. The zero-order valence-corrected chi connectivity index (χ0v) is 10.1. The van der Waals surface area contributed by atoms with Crippen LogP contribution in [0, 0.1) is 0 Å². The van der Waals surface area contributed by atoms with E-state index in [1.165, 1.54) is 4.63 Å². The Morgan fingerprint density at radius 3 is 3.06 bits per heavy atom. The average Bonchev–Trinajstić information content (AvgIpc) is 2.94. The lowest BCUT2D eigenvalue weighted by molar-refractivity contribution is 0.734. The third-order valence-corrected chi connectivity index (χ3v) is 3.37. The van der Waals surface area contributed by atoms with Crippen LogP contribution in [0.2, 0.25) is 4.34 Å². The Bertz CT molecular complexity index is 648. The Morgan fingerprint density at radius 2 is 2.24 bits per heavy atom. The Morgan fingerprint density at radius 1 is 1.29 bits per heavy atom. The van der Waals surface area contributed by atoms with Crippen molar-refractivity contribution < 1.29 is 0 Å². The zero-order valence-electron chi connectivity index (χ0n) is 8.54. The molecule has 0 amide bonds. The topological polar surface area (TPSA) is 68.0 Å². The highest BCUT2D eigenvalue weighted by Gasteiger charge is 2.01. The van der Waals surface area contributed by atoms with Gasteiger partial charge >= 0.3 is 0 Å². The molecule has 0 atom stereocenters. The predicted octanol–water partition coefficient (Wildman–Crippen LogP) is 1.85. The molecule has 0 saturated carbocycles. The highest BCUT2D eigenvalue weighted by atomic mass is 35.5. The minimum absolute atomic E-state index is 0.620. The summed E-state index contributed by atoms with van der Waals surface area (Å²) in [5.41, 5.74) is 0.620. The molecular weight excluding hydrogens is 260 g/mol. The molecule has 3 aromatic heterocycles. The molecule has 3 aromatic rings. The molecule has 0 bridgehead atoms. The zero-order chi connectivity index (χ0) is 11.7. The van der Waals surface area contributed by atoms with E-state index >= 15 is 0 Å². The maximum absolute atomic E-state index is 5.85. The minimum atomic E-state index is 0.620. The van der Waals surface area contributed by atoms with Crippen LogP contribution in [0.25, 0.3) is 5.65 Å². The number of tetrazole rings is 1. The van der Waals surface area contributed by atoms with Crippen LogP contribution in [0.5, 0.6) is 0 Å². The van der Waals surface area contributed by atoms with Crippen molar-refractivity contribution >= 4 is 34.4 Å². The number of anilines is 1. The minimum Gasteiger partial charge on any atom is -0.364 e. The highest BCUT2D eigenvalue weighted by Crippen LogP contribution is 2.21. The normalized spacial score (nSPS) is 10.9. The summed E-state index contributed by atoms with van der Waals surface area (Å²) in [4.78, 5) is 1.15. The van der Waals surface area contributed by atoms with E-state index in [2.05, 4.69) is 25.9 Å². The molecule has 86 valence electrons. The van der Waals surface area contributed by atoms with E-state index in [4.69, 9.17) is 11.6 Å². The first-order chi connectivity index (χ1) is 8.31. The molecule has 0 aromatic carbocycles. The second-order valence-electron chi connectivity index (χ2n) is 3.30. The van der Waals surface area contributed by atoms with E-state index in [-0.39, 0.29) is 0 Å². The molecule has 0 spiro atoms. The van der Waals surface area contributed by atoms with Crippen LogP contribution >= 0.6 is 22.9 Å². The van der Waals surface area contributed by atoms with E-state index in [0.29, 0.717) is 18.0 Å². The van der Waals surface area contributed by atoms with Crippen LogP contribution in [-0.2, 0) is 6.54 Å². The second-order valence-corrected chi connectivity index (χ2v) is 5.10. The van der Waals surface area contributed by atoms with Gasteiger partial charge in [-0.2, -0.15) is 0 Å². The van der Waals surface area contributed by atoms with Crippen LogP contribution < -0.4 is 5.32 Å². The van der Waals surface area contributed by atoms with Crippen LogP contribution in [0.15, 0.2) is 24.3 Å². The number of hydrogen-bond donors (Lipinski definition) is 1. The lowest BCUT2D eigenvalue weighted by Crippen LogP contribution is -2.03. The average molecular weight is 267 g/mol. The smallest absolute Gasteiger partial charge is 0.200 e. The molecule has 0 radical (unpaired) electrons. The number of fused-ring (bicyclic) bond motifs is 1. The Labute approximate surface area is 105 Å². The summed E-state index contributed by atoms with van der Waals surface area (Å²) in [6.45, 7) is 0.679. The van der Waals surface area contributed by atoms with Crippen molar-refractivity contribution in [3.8, 4) is 0 Å². The van der Waals surface area contributed by atoms with Crippen LogP contribution in [0.1, 0.15) is 4.88 Å². The van der Waals surface area contributed by atoms with Crippen molar-refractivity contribution in [2.75, 3.05) is 5.32 Å². The van der Waals surface area contributed by atoms with Gasteiger partial charge in [-0.25, -0.2) is 0 Å². The SMILES string of the molecule is Clc1ccc(CNc2ccc3nnnn3n2)s1. The van der Waals surface area contributed by atoms with Crippen LogP contribution in [-0.4, -0.2) is 25.3 Å². The van der Waals surface area contributed by atoms with Gasteiger partial charge in [0.15, 0.2) is 5.65 Å². The standard InChI is InChI=1S/C9H7ClN6S/c10-7-2-1-6(17-7)5-11-8-3-4-9-12-14-15-16(9)13-8/h1-4H,5H2,(H,11,13). The third kappa shape index (κ3) is 2.20. The van der Waals surface area contributed by atoms with Gasteiger partial charge in [0.25, 0.3) is 0 Å². The van der Waals surface area contributed by atoms with Gasteiger partial charge in [-0.15, -0.1) is 26.2 Å². The number of nitrogens with zero attached hydrogens (tertiary/aromatic N) is 5. The van der Waals surface area contributed by atoms with Crippen molar-refractivity contribution in [1.29, 1.82) is 0 Å². The summed E-state index contributed by atoms with van der Waals surface area (Å²) in [6.07, 6.45) is 0. The monoisotopic (exact) mass is 266 g/mol. The molecule has 0 fully saturated rings. The van der Waals surface area contributed by atoms with Gasteiger partial charge in [0.1, 0.15) is 5.82 Å². The summed E-state index contributed by atoms with van der Waals surface area (Å²) in [6, 6.07) is 7.49. The van der Waals surface area contributed by atoms with Gasteiger partial charge in [-0.3, -0.25) is 0 Å². The lowest BCUT2D eigenvalue weighted by Gasteiger charge is -2.02. The fourth-order valence-electron chi connectivity index (χ4n) is 1.37. The quantitative estimate of drug-likeness (QED) is 0.784. The van der Waals surface area contributed by atoms with Gasteiger partial charge in [0.2, 0.25) is 0 Å². The molecule has 0 aliphatic heterocycles. The first-order valence-electron chi connectivity index (χ1n) is 4.85. The molecule has 6 nitrogen and oxygen atoms in total. The van der Waals surface area contributed by atoms with Crippen molar-refractivity contribution in [3.05, 3.63) is 33.5 Å². The summed E-state index contributed by atoms with van der Waals surface area (Å²) >= 11 is 7.39. The largest absolute Gasteiger partial charge is 0.364 e. The highest BCUT2D eigenvalue weighted by molar-refractivity contribution is 7.16. The van der Waals surface area contributed by atoms with Gasteiger partial charge < -0.3 is 5.32 Å². The van der Waals surface area contributed by atoms with Gasteiger partial charge in [-0.05, 0) is 34.7 Å². The Kier molecular flexibility index (Phi) is 2.62. The Balaban J connectivity index is 1.76. The van der Waals surface area contributed by atoms with E-state index in [1.807, 2.05) is 18.2 Å². The molecule has 0 saturated heterocycles. The maximum Gasteiger partial charge on any atom is 0.200 e. The fourth-order valence-corrected chi connectivity index (χ4v) is 2.40. The number of thiophene rings is 1. The molecular formula is C9H7ClN6S. The second kappa shape index (κ2) is 4.27. The van der Waals surface area contributed by atoms with E-state index in [1.54, 1.807) is 17.4 Å². The molecule has 8 heteroatoms. The molecule has 17 heavy (non-hydrogen) atoms. The number of aromatic nitrogens is 5. The number of hydrogen-bond acceptors (Lipinski definition) is 6. The van der Waals surface area contributed by atoms with Gasteiger partial charge in [0, 0.05) is 4.88 Å². The van der Waals surface area contributed by atoms with E-state index in [9.17, 15) is 0 Å².